The Morgan fingerprint density at radius 3 is 2.61 bits per heavy atom. The van der Waals surface area contributed by atoms with Crippen LogP contribution in [0.15, 0.2) is 85.1 Å². The normalized spacial score (nSPS) is 11.0. The van der Waals surface area contributed by atoms with Crippen LogP contribution in [-0.2, 0) is 17.8 Å². The summed E-state index contributed by atoms with van der Waals surface area (Å²) in [7, 11) is 1.65. The molecule has 0 unspecified atom stereocenters. The molecule has 1 aromatic heterocycles. The van der Waals surface area contributed by atoms with Crippen LogP contribution < -0.4 is 0 Å². The van der Waals surface area contributed by atoms with Gasteiger partial charge < -0.3 is 14.2 Å². The van der Waals surface area contributed by atoms with E-state index in [1.54, 1.807) is 7.11 Å². The molecule has 158 valence electrons. The van der Waals surface area contributed by atoms with Crippen molar-refractivity contribution in [3.05, 3.63) is 107 Å². The second kappa shape index (κ2) is 9.82. The highest BCUT2D eigenvalue weighted by Gasteiger charge is 2.18. The molecule has 4 nitrogen and oxygen atoms in total. The predicted molar refractivity (Wildman–Crippen MR) is 126 cm³/mol. The maximum absolute atomic E-state index is 13.4. The summed E-state index contributed by atoms with van der Waals surface area (Å²) in [5.41, 5.74) is 2.86. The average molecular weight is 433 g/mol. The number of carbonyl (C=O) groups is 1. The van der Waals surface area contributed by atoms with E-state index in [1.807, 2.05) is 71.8 Å². The van der Waals surface area contributed by atoms with Gasteiger partial charge in [-0.1, -0.05) is 54.1 Å². The van der Waals surface area contributed by atoms with Crippen LogP contribution in [0.4, 0.5) is 0 Å². The van der Waals surface area contributed by atoms with Gasteiger partial charge in [0.15, 0.2) is 0 Å². The fraction of sp³-hybridized carbons (Fsp3) is 0.192. The van der Waals surface area contributed by atoms with Gasteiger partial charge in [0, 0.05) is 42.7 Å². The number of rotatable bonds is 8. The zero-order valence-electron chi connectivity index (χ0n) is 17.5. The van der Waals surface area contributed by atoms with Gasteiger partial charge >= 0.3 is 0 Å². The van der Waals surface area contributed by atoms with Gasteiger partial charge in [0.25, 0.3) is 5.91 Å². The molecule has 0 fully saturated rings. The van der Waals surface area contributed by atoms with Gasteiger partial charge in [0.05, 0.1) is 13.2 Å². The molecule has 0 spiro atoms. The van der Waals surface area contributed by atoms with E-state index in [1.165, 1.54) is 0 Å². The van der Waals surface area contributed by atoms with Crippen LogP contribution in [0.2, 0.25) is 5.02 Å². The molecular formula is C26H25ClN2O2. The summed E-state index contributed by atoms with van der Waals surface area (Å²) in [5.74, 6) is -0.00157. The third-order valence-corrected chi connectivity index (χ3v) is 5.60. The van der Waals surface area contributed by atoms with Crippen molar-refractivity contribution in [2.45, 2.75) is 13.1 Å². The number of amides is 1. The third-order valence-electron chi connectivity index (χ3n) is 5.37. The van der Waals surface area contributed by atoms with Gasteiger partial charge in [0.1, 0.15) is 0 Å². The summed E-state index contributed by atoms with van der Waals surface area (Å²) in [6.45, 7) is 2.20. The van der Waals surface area contributed by atoms with Gasteiger partial charge in [-0.25, -0.2) is 0 Å². The van der Waals surface area contributed by atoms with E-state index in [0.717, 1.165) is 27.1 Å². The number of halogens is 1. The van der Waals surface area contributed by atoms with Crippen molar-refractivity contribution in [1.82, 2.24) is 9.47 Å². The molecule has 0 aliphatic heterocycles. The first-order chi connectivity index (χ1) is 15.1. The molecule has 5 heteroatoms. The third kappa shape index (κ3) is 5.16. The van der Waals surface area contributed by atoms with Crippen LogP contribution in [0.5, 0.6) is 0 Å². The van der Waals surface area contributed by atoms with E-state index >= 15 is 0 Å². The molecule has 0 saturated carbocycles. The number of aromatic nitrogens is 1. The topological polar surface area (TPSA) is 34.5 Å². The second-order valence-electron chi connectivity index (χ2n) is 7.54. The van der Waals surface area contributed by atoms with Crippen LogP contribution in [0.3, 0.4) is 0 Å². The smallest absolute Gasteiger partial charge is 0.254 e. The van der Waals surface area contributed by atoms with Crippen molar-refractivity contribution in [3.63, 3.8) is 0 Å². The van der Waals surface area contributed by atoms with Gasteiger partial charge in [-0.05, 0) is 52.7 Å². The average Bonchev–Trinajstić information content (AvgIpc) is 3.22. The van der Waals surface area contributed by atoms with Crippen molar-refractivity contribution in [2.24, 2.45) is 0 Å². The molecule has 0 N–H and O–H groups in total. The largest absolute Gasteiger partial charge is 0.383 e. The Labute approximate surface area is 187 Å². The van der Waals surface area contributed by atoms with Crippen LogP contribution in [0.1, 0.15) is 21.6 Å². The molecular weight excluding hydrogens is 408 g/mol. The van der Waals surface area contributed by atoms with Crippen molar-refractivity contribution in [3.8, 4) is 0 Å². The monoisotopic (exact) mass is 432 g/mol. The van der Waals surface area contributed by atoms with Crippen LogP contribution >= 0.6 is 11.6 Å². The maximum Gasteiger partial charge on any atom is 0.254 e. The Morgan fingerprint density at radius 1 is 0.968 bits per heavy atom. The highest BCUT2D eigenvalue weighted by Crippen LogP contribution is 2.19. The van der Waals surface area contributed by atoms with Crippen LogP contribution in [-0.4, -0.2) is 35.6 Å². The van der Waals surface area contributed by atoms with E-state index < -0.39 is 0 Å². The van der Waals surface area contributed by atoms with E-state index in [0.29, 0.717) is 31.8 Å². The lowest BCUT2D eigenvalue weighted by Gasteiger charge is -2.24. The standard InChI is InChI=1S/C26H25ClN2O2/c1-31-15-14-29(26(30)23-12-11-21-7-2-3-8-22(21)17-23)19-25-10-5-13-28(25)18-20-6-4-9-24(27)16-20/h2-13,16-17H,14-15,18-19H2,1H3. The lowest BCUT2D eigenvalue weighted by Crippen LogP contribution is -2.34. The number of carbonyl (C=O) groups excluding carboxylic acids is 1. The van der Waals surface area contributed by atoms with Crippen molar-refractivity contribution in [1.29, 1.82) is 0 Å². The SMILES string of the molecule is COCCN(Cc1cccn1Cc1cccc(Cl)c1)C(=O)c1ccc2ccccc2c1. The van der Waals surface area contributed by atoms with Crippen molar-refractivity contribution in [2.75, 3.05) is 20.3 Å². The number of hydrogen-bond acceptors (Lipinski definition) is 2. The molecule has 3 aromatic carbocycles. The lowest BCUT2D eigenvalue weighted by atomic mass is 10.1. The first-order valence-corrected chi connectivity index (χ1v) is 10.7. The minimum Gasteiger partial charge on any atom is -0.383 e. The summed E-state index contributed by atoms with van der Waals surface area (Å²) >= 11 is 6.14. The fourth-order valence-corrected chi connectivity index (χ4v) is 3.95. The van der Waals surface area contributed by atoms with E-state index in [4.69, 9.17) is 16.3 Å². The summed E-state index contributed by atoms with van der Waals surface area (Å²) in [6.07, 6.45) is 2.03. The number of benzene rings is 3. The molecule has 4 rings (SSSR count). The van der Waals surface area contributed by atoms with E-state index in [9.17, 15) is 4.79 Å². The number of ether oxygens (including phenoxy) is 1. The number of methoxy groups -OCH3 is 1. The molecule has 1 amide bonds. The minimum atomic E-state index is -0.00157. The zero-order chi connectivity index (χ0) is 21.6. The van der Waals surface area contributed by atoms with E-state index in [-0.39, 0.29) is 5.91 Å². The minimum absolute atomic E-state index is 0.00157. The summed E-state index contributed by atoms with van der Waals surface area (Å²) < 4.78 is 7.42. The second-order valence-corrected chi connectivity index (χ2v) is 7.98. The van der Waals surface area contributed by atoms with Gasteiger partial charge in [-0.15, -0.1) is 0 Å². The Bertz CT molecular complexity index is 1180. The molecule has 0 atom stereocenters. The quantitative estimate of drug-likeness (QED) is 0.361. The predicted octanol–water partition coefficient (Wildman–Crippen LogP) is 5.63. The lowest BCUT2D eigenvalue weighted by molar-refractivity contribution is 0.0676. The maximum atomic E-state index is 13.4. The molecule has 0 saturated heterocycles. The first-order valence-electron chi connectivity index (χ1n) is 10.3. The Balaban J connectivity index is 1.57. The van der Waals surface area contributed by atoms with Crippen molar-refractivity contribution < 1.29 is 9.53 Å². The molecule has 0 radical (unpaired) electrons. The summed E-state index contributed by atoms with van der Waals surface area (Å²) in [6, 6.07) is 25.8. The first kappa shape index (κ1) is 21.2. The number of hydrogen-bond donors (Lipinski definition) is 0. The molecule has 0 aliphatic rings. The summed E-state index contributed by atoms with van der Waals surface area (Å²) in [5, 5.41) is 2.90. The highest BCUT2D eigenvalue weighted by atomic mass is 35.5. The van der Waals surface area contributed by atoms with Crippen molar-refractivity contribution >= 4 is 28.3 Å². The fourth-order valence-electron chi connectivity index (χ4n) is 3.73. The Kier molecular flexibility index (Phi) is 6.70. The molecule has 4 aromatic rings. The number of nitrogens with zero attached hydrogens (tertiary/aromatic N) is 2. The van der Waals surface area contributed by atoms with Gasteiger partial charge in [0.2, 0.25) is 0 Å². The Morgan fingerprint density at radius 2 is 1.81 bits per heavy atom. The van der Waals surface area contributed by atoms with Crippen LogP contribution in [0.25, 0.3) is 10.8 Å². The highest BCUT2D eigenvalue weighted by molar-refractivity contribution is 6.30. The Hall–Kier alpha value is -3.08. The van der Waals surface area contributed by atoms with E-state index in [2.05, 4.69) is 22.8 Å². The molecule has 31 heavy (non-hydrogen) atoms. The summed E-state index contributed by atoms with van der Waals surface area (Å²) in [4.78, 5) is 15.2. The molecule has 0 aliphatic carbocycles. The molecule has 0 bridgehead atoms. The zero-order valence-corrected chi connectivity index (χ0v) is 18.3. The number of fused-ring (bicyclic) bond motifs is 1. The van der Waals surface area contributed by atoms with Gasteiger partial charge in [-0.3, -0.25) is 4.79 Å². The van der Waals surface area contributed by atoms with Gasteiger partial charge in [-0.2, -0.15) is 0 Å². The van der Waals surface area contributed by atoms with Crippen LogP contribution in [0, 0.1) is 0 Å². The molecule has 1 heterocycles.